The number of aliphatic imine (C=N–C) groups is 1. The average molecular weight is 252 g/mol. The van der Waals surface area contributed by atoms with Crippen molar-refractivity contribution in [2.45, 2.75) is 6.92 Å². The van der Waals surface area contributed by atoms with Crippen molar-refractivity contribution >= 4 is 40.2 Å². The lowest BCUT2D eigenvalue weighted by Crippen LogP contribution is -2.23. The van der Waals surface area contributed by atoms with Gasteiger partial charge in [0.25, 0.3) is 5.91 Å². The van der Waals surface area contributed by atoms with Crippen molar-refractivity contribution in [2.24, 2.45) is 4.99 Å². The Hall–Kier alpha value is -1.07. The SMILES string of the molecule is CN=C1SC(=Cc2ccc(C)s2)C(=O)N1C. The Balaban J connectivity index is 2.30. The standard InChI is InChI=1S/C11H12N2OS2/c1-7-4-5-8(15-7)6-9-10(14)13(3)11(12-2)16-9/h4-6H,1-3H3. The first-order valence-corrected chi connectivity index (χ1v) is 6.46. The van der Waals surface area contributed by atoms with Gasteiger partial charge in [-0.1, -0.05) is 0 Å². The molecule has 0 aliphatic carbocycles. The van der Waals surface area contributed by atoms with Crippen LogP contribution in [0, 0.1) is 6.92 Å². The normalized spacial score (nSPS) is 21.4. The van der Waals surface area contributed by atoms with E-state index in [2.05, 4.69) is 18.0 Å². The van der Waals surface area contributed by atoms with Gasteiger partial charge in [-0.2, -0.15) is 0 Å². The van der Waals surface area contributed by atoms with Gasteiger partial charge in [0.05, 0.1) is 4.91 Å². The van der Waals surface area contributed by atoms with Crippen molar-refractivity contribution in [1.82, 2.24) is 4.90 Å². The Morgan fingerprint density at radius 1 is 1.44 bits per heavy atom. The molecule has 1 aliphatic heterocycles. The summed E-state index contributed by atoms with van der Waals surface area (Å²) in [6.07, 6.45) is 1.93. The highest BCUT2D eigenvalue weighted by molar-refractivity contribution is 8.18. The fourth-order valence-electron chi connectivity index (χ4n) is 1.41. The van der Waals surface area contributed by atoms with Crippen LogP contribution in [0.1, 0.15) is 9.75 Å². The molecular formula is C11H12N2OS2. The summed E-state index contributed by atoms with van der Waals surface area (Å²) in [7, 11) is 3.45. The third kappa shape index (κ3) is 2.05. The van der Waals surface area contributed by atoms with E-state index in [-0.39, 0.29) is 5.91 Å². The fourth-order valence-corrected chi connectivity index (χ4v) is 3.22. The third-order valence-electron chi connectivity index (χ3n) is 2.23. The predicted molar refractivity (Wildman–Crippen MR) is 70.8 cm³/mol. The molecule has 1 amide bonds. The summed E-state index contributed by atoms with van der Waals surface area (Å²) < 4.78 is 0. The number of aryl methyl sites for hydroxylation is 1. The molecule has 2 rings (SSSR count). The number of amidine groups is 1. The maximum Gasteiger partial charge on any atom is 0.266 e. The monoisotopic (exact) mass is 252 g/mol. The maximum atomic E-state index is 11.8. The molecule has 3 nitrogen and oxygen atoms in total. The van der Waals surface area contributed by atoms with Gasteiger partial charge in [-0.05, 0) is 36.9 Å². The molecule has 0 N–H and O–H groups in total. The summed E-state index contributed by atoms with van der Waals surface area (Å²) in [5, 5.41) is 0.754. The van der Waals surface area contributed by atoms with Crippen LogP contribution >= 0.6 is 23.1 Å². The molecule has 1 fully saturated rings. The number of likely N-dealkylation sites (N-methyl/N-ethyl adjacent to an activating group) is 1. The van der Waals surface area contributed by atoms with E-state index in [0.29, 0.717) is 0 Å². The summed E-state index contributed by atoms with van der Waals surface area (Å²) in [4.78, 5) is 20.6. The number of carbonyl (C=O) groups is 1. The highest BCUT2D eigenvalue weighted by Crippen LogP contribution is 2.32. The molecule has 1 aromatic heterocycles. The Morgan fingerprint density at radius 2 is 2.19 bits per heavy atom. The minimum Gasteiger partial charge on any atom is -0.290 e. The van der Waals surface area contributed by atoms with Gasteiger partial charge in [-0.25, -0.2) is 0 Å². The Bertz CT molecular complexity index is 488. The first kappa shape index (κ1) is 11.4. The number of amides is 1. The number of rotatable bonds is 1. The molecule has 1 saturated heterocycles. The van der Waals surface area contributed by atoms with Crippen LogP contribution in [-0.2, 0) is 4.79 Å². The lowest BCUT2D eigenvalue weighted by Gasteiger charge is -2.04. The van der Waals surface area contributed by atoms with E-state index >= 15 is 0 Å². The highest BCUT2D eigenvalue weighted by atomic mass is 32.2. The molecule has 0 spiro atoms. The molecule has 1 aromatic rings. The van der Waals surface area contributed by atoms with E-state index in [1.54, 1.807) is 30.3 Å². The van der Waals surface area contributed by atoms with Crippen molar-refractivity contribution in [3.63, 3.8) is 0 Å². The van der Waals surface area contributed by atoms with Crippen molar-refractivity contribution in [1.29, 1.82) is 0 Å². The van der Waals surface area contributed by atoms with E-state index in [4.69, 9.17) is 0 Å². The first-order valence-electron chi connectivity index (χ1n) is 4.82. The number of hydrogen-bond donors (Lipinski definition) is 0. The van der Waals surface area contributed by atoms with Crippen LogP contribution in [0.4, 0.5) is 0 Å². The lowest BCUT2D eigenvalue weighted by molar-refractivity contribution is -0.121. The molecule has 0 saturated carbocycles. The smallest absolute Gasteiger partial charge is 0.266 e. The number of hydrogen-bond acceptors (Lipinski definition) is 4. The minimum absolute atomic E-state index is 0.0247. The fraction of sp³-hybridized carbons (Fsp3) is 0.273. The van der Waals surface area contributed by atoms with E-state index in [1.807, 2.05) is 12.1 Å². The summed E-state index contributed by atoms with van der Waals surface area (Å²) in [6, 6.07) is 4.08. The van der Waals surface area contributed by atoms with Crippen molar-refractivity contribution < 1.29 is 4.79 Å². The van der Waals surface area contributed by atoms with E-state index < -0.39 is 0 Å². The highest BCUT2D eigenvalue weighted by Gasteiger charge is 2.29. The maximum absolute atomic E-state index is 11.8. The van der Waals surface area contributed by atoms with Crippen LogP contribution in [0.25, 0.3) is 6.08 Å². The van der Waals surface area contributed by atoms with Gasteiger partial charge in [-0.3, -0.25) is 14.7 Å². The second-order valence-corrected chi connectivity index (χ2v) is 5.76. The number of carbonyl (C=O) groups excluding carboxylic acids is 1. The zero-order valence-corrected chi connectivity index (χ0v) is 11.0. The molecule has 84 valence electrons. The largest absolute Gasteiger partial charge is 0.290 e. The Kier molecular flexibility index (Phi) is 3.16. The van der Waals surface area contributed by atoms with Crippen LogP contribution in [0.2, 0.25) is 0 Å². The zero-order chi connectivity index (χ0) is 11.7. The van der Waals surface area contributed by atoms with E-state index in [0.717, 1.165) is 14.9 Å². The second-order valence-electron chi connectivity index (χ2n) is 3.43. The third-order valence-corrected chi connectivity index (χ3v) is 4.33. The Labute approximate surface area is 103 Å². The van der Waals surface area contributed by atoms with Crippen molar-refractivity contribution in [3.8, 4) is 0 Å². The van der Waals surface area contributed by atoms with Crippen LogP contribution < -0.4 is 0 Å². The van der Waals surface area contributed by atoms with Gasteiger partial charge in [-0.15, -0.1) is 11.3 Å². The summed E-state index contributed by atoms with van der Waals surface area (Å²) >= 11 is 3.11. The number of nitrogens with zero attached hydrogens (tertiary/aromatic N) is 2. The van der Waals surface area contributed by atoms with Gasteiger partial charge in [0.1, 0.15) is 0 Å². The molecule has 2 heterocycles. The molecule has 1 aliphatic rings. The molecule has 16 heavy (non-hydrogen) atoms. The van der Waals surface area contributed by atoms with Gasteiger partial charge < -0.3 is 0 Å². The van der Waals surface area contributed by atoms with E-state index in [1.165, 1.54) is 16.6 Å². The van der Waals surface area contributed by atoms with Gasteiger partial charge in [0, 0.05) is 23.8 Å². The van der Waals surface area contributed by atoms with Gasteiger partial charge in [0.15, 0.2) is 5.17 Å². The quantitative estimate of drug-likeness (QED) is 0.720. The Morgan fingerprint density at radius 3 is 2.69 bits per heavy atom. The first-order chi connectivity index (χ1) is 7.61. The van der Waals surface area contributed by atoms with Gasteiger partial charge >= 0.3 is 0 Å². The zero-order valence-electron chi connectivity index (χ0n) is 9.35. The number of thiophene rings is 1. The summed E-state index contributed by atoms with van der Waals surface area (Å²) in [6.45, 7) is 2.06. The molecule has 0 unspecified atom stereocenters. The van der Waals surface area contributed by atoms with Crippen molar-refractivity contribution in [3.05, 3.63) is 26.8 Å². The molecule has 0 radical (unpaired) electrons. The molecular weight excluding hydrogens is 240 g/mol. The van der Waals surface area contributed by atoms with Crippen LogP contribution in [-0.4, -0.2) is 30.1 Å². The summed E-state index contributed by atoms with van der Waals surface area (Å²) in [5.74, 6) is 0.0247. The minimum atomic E-state index is 0.0247. The molecule has 0 bridgehead atoms. The average Bonchev–Trinajstić information content (AvgIpc) is 2.78. The van der Waals surface area contributed by atoms with Gasteiger partial charge in [0.2, 0.25) is 0 Å². The van der Waals surface area contributed by atoms with Crippen LogP contribution in [0.3, 0.4) is 0 Å². The second kappa shape index (κ2) is 4.43. The molecule has 0 atom stereocenters. The van der Waals surface area contributed by atoms with Crippen LogP contribution in [0.5, 0.6) is 0 Å². The topological polar surface area (TPSA) is 32.7 Å². The van der Waals surface area contributed by atoms with E-state index in [9.17, 15) is 4.79 Å². The molecule has 5 heteroatoms. The molecule has 0 aromatic carbocycles. The van der Waals surface area contributed by atoms with Crippen LogP contribution in [0.15, 0.2) is 22.0 Å². The lowest BCUT2D eigenvalue weighted by atomic mass is 10.4. The van der Waals surface area contributed by atoms with Crippen molar-refractivity contribution in [2.75, 3.05) is 14.1 Å². The predicted octanol–water partition coefficient (Wildman–Crippen LogP) is 2.59. The summed E-state index contributed by atoms with van der Waals surface area (Å²) in [5.41, 5.74) is 0. The number of thioether (sulfide) groups is 1.